The Morgan fingerprint density at radius 3 is 2.41 bits per heavy atom. The molecule has 1 heterocycles. The summed E-state index contributed by atoms with van der Waals surface area (Å²) in [5.41, 5.74) is 2.88. The first-order valence-electron chi connectivity index (χ1n) is 8.99. The minimum absolute atomic E-state index is 0.257. The number of carbonyl (C=O) groups excluding carboxylic acids is 1. The van der Waals surface area contributed by atoms with Crippen LogP contribution in [0.5, 0.6) is 17.2 Å². The molecule has 2 aromatic carbocycles. The number of ether oxygens (including phenoxy) is 3. The van der Waals surface area contributed by atoms with Gasteiger partial charge in [0.2, 0.25) is 0 Å². The van der Waals surface area contributed by atoms with Crippen LogP contribution < -0.4 is 24.8 Å². The molecule has 0 atom stereocenters. The Morgan fingerprint density at radius 1 is 0.897 bits per heavy atom. The highest BCUT2D eigenvalue weighted by Gasteiger charge is 2.09. The van der Waals surface area contributed by atoms with E-state index in [1.807, 2.05) is 36.4 Å². The van der Waals surface area contributed by atoms with Crippen LogP contribution in [0.2, 0.25) is 0 Å². The fourth-order valence-electron chi connectivity index (χ4n) is 2.73. The van der Waals surface area contributed by atoms with Crippen LogP contribution in [0.1, 0.15) is 16.1 Å². The molecule has 3 rings (SSSR count). The Labute approximate surface area is 169 Å². The molecule has 150 valence electrons. The maximum atomic E-state index is 12.4. The zero-order chi connectivity index (χ0) is 20.6. The molecule has 29 heavy (non-hydrogen) atoms. The van der Waals surface area contributed by atoms with Crippen LogP contribution >= 0.6 is 0 Å². The number of amides is 1. The number of nitrogens with zero attached hydrogens (tertiary/aromatic N) is 1. The van der Waals surface area contributed by atoms with Gasteiger partial charge in [0.25, 0.3) is 5.91 Å². The van der Waals surface area contributed by atoms with E-state index in [1.165, 1.54) is 0 Å². The summed E-state index contributed by atoms with van der Waals surface area (Å²) in [7, 11) is 4.78. The number of carbonyl (C=O) groups is 1. The first-order valence-corrected chi connectivity index (χ1v) is 8.99. The topological polar surface area (TPSA) is 81.7 Å². The molecule has 1 amide bonds. The second-order valence-corrected chi connectivity index (χ2v) is 6.16. The number of nitrogens with one attached hydrogen (secondary N) is 2. The predicted octanol–water partition coefficient (Wildman–Crippen LogP) is 3.78. The maximum absolute atomic E-state index is 12.4. The highest BCUT2D eigenvalue weighted by Crippen LogP contribution is 2.27. The van der Waals surface area contributed by atoms with Crippen molar-refractivity contribution in [3.8, 4) is 17.2 Å². The van der Waals surface area contributed by atoms with E-state index in [2.05, 4.69) is 15.6 Å². The van der Waals surface area contributed by atoms with Crippen molar-refractivity contribution in [1.29, 1.82) is 0 Å². The molecule has 0 unspecified atom stereocenters. The van der Waals surface area contributed by atoms with Gasteiger partial charge in [-0.25, -0.2) is 4.98 Å². The molecular weight excluding hydrogens is 370 g/mol. The number of hydrogen-bond donors (Lipinski definition) is 2. The second-order valence-electron chi connectivity index (χ2n) is 6.16. The van der Waals surface area contributed by atoms with Crippen molar-refractivity contribution in [2.45, 2.75) is 6.54 Å². The number of benzene rings is 2. The molecule has 0 aliphatic carbocycles. The van der Waals surface area contributed by atoms with Crippen molar-refractivity contribution in [1.82, 2.24) is 10.3 Å². The zero-order valence-corrected chi connectivity index (χ0v) is 16.6. The monoisotopic (exact) mass is 393 g/mol. The van der Waals surface area contributed by atoms with E-state index in [0.717, 1.165) is 22.7 Å². The van der Waals surface area contributed by atoms with Crippen molar-refractivity contribution in [2.75, 3.05) is 26.6 Å². The maximum Gasteiger partial charge on any atom is 0.270 e. The van der Waals surface area contributed by atoms with E-state index in [-0.39, 0.29) is 5.91 Å². The van der Waals surface area contributed by atoms with Crippen LogP contribution in [0.4, 0.5) is 11.4 Å². The first kappa shape index (κ1) is 20.0. The van der Waals surface area contributed by atoms with Gasteiger partial charge in [-0.15, -0.1) is 0 Å². The Hall–Kier alpha value is -3.74. The zero-order valence-electron chi connectivity index (χ0n) is 16.6. The van der Waals surface area contributed by atoms with Crippen LogP contribution in [0.25, 0.3) is 0 Å². The number of methoxy groups -OCH3 is 3. The molecule has 1 aromatic heterocycles. The average Bonchev–Trinajstić information content (AvgIpc) is 2.77. The quantitative estimate of drug-likeness (QED) is 0.606. The lowest BCUT2D eigenvalue weighted by Gasteiger charge is -2.11. The van der Waals surface area contributed by atoms with Crippen LogP contribution in [0.15, 0.2) is 60.8 Å². The number of pyridine rings is 1. The van der Waals surface area contributed by atoms with Gasteiger partial charge < -0.3 is 24.8 Å². The summed E-state index contributed by atoms with van der Waals surface area (Å²) in [6.45, 7) is 0.352. The van der Waals surface area contributed by atoms with Gasteiger partial charge in [0.1, 0.15) is 11.4 Å². The predicted molar refractivity (Wildman–Crippen MR) is 111 cm³/mol. The smallest absolute Gasteiger partial charge is 0.270 e. The minimum Gasteiger partial charge on any atom is -0.497 e. The summed E-state index contributed by atoms with van der Waals surface area (Å²) < 4.78 is 15.7. The number of anilines is 2. The number of hydrogen-bond acceptors (Lipinski definition) is 6. The van der Waals surface area contributed by atoms with E-state index in [4.69, 9.17) is 14.2 Å². The summed E-state index contributed by atoms with van der Waals surface area (Å²) in [5.74, 6) is 1.76. The molecule has 3 aromatic rings. The molecule has 2 N–H and O–H groups in total. The summed E-state index contributed by atoms with van der Waals surface area (Å²) in [4.78, 5) is 16.6. The van der Waals surface area contributed by atoms with Crippen LogP contribution in [0, 0.1) is 0 Å². The molecule has 0 bridgehead atoms. The summed E-state index contributed by atoms with van der Waals surface area (Å²) in [5, 5.41) is 6.08. The standard InChI is InChI=1S/C22H23N3O4/c1-27-18-6-4-5-16(12-18)25-17-8-9-19(23-14-17)22(26)24-13-15-7-10-20(28-2)21(11-15)29-3/h4-12,14,25H,13H2,1-3H3,(H,24,26). The third-order valence-electron chi connectivity index (χ3n) is 4.26. The second kappa shape index (κ2) is 9.45. The van der Waals surface area contributed by atoms with E-state index < -0.39 is 0 Å². The summed E-state index contributed by atoms with van der Waals surface area (Å²) in [6, 6.07) is 16.5. The van der Waals surface area contributed by atoms with Crippen molar-refractivity contribution >= 4 is 17.3 Å². The van der Waals surface area contributed by atoms with Crippen LogP contribution in [0.3, 0.4) is 0 Å². The van der Waals surface area contributed by atoms with Gasteiger partial charge in [-0.2, -0.15) is 0 Å². The van der Waals surface area contributed by atoms with E-state index >= 15 is 0 Å². The van der Waals surface area contributed by atoms with Crippen molar-refractivity contribution in [3.63, 3.8) is 0 Å². The lowest BCUT2D eigenvalue weighted by molar-refractivity contribution is 0.0946. The normalized spacial score (nSPS) is 10.2. The van der Waals surface area contributed by atoms with Gasteiger partial charge in [0, 0.05) is 18.3 Å². The van der Waals surface area contributed by atoms with Gasteiger partial charge in [0.15, 0.2) is 11.5 Å². The summed E-state index contributed by atoms with van der Waals surface area (Å²) in [6.07, 6.45) is 1.62. The van der Waals surface area contributed by atoms with Crippen molar-refractivity contribution in [3.05, 3.63) is 72.1 Å². The third kappa shape index (κ3) is 5.16. The molecule has 7 nitrogen and oxygen atoms in total. The van der Waals surface area contributed by atoms with E-state index in [9.17, 15) is 4.79 Å². The van der Waals surface area contributed by atoms with Crippen molar-refractivity contribution in [2.24, 2.45) is 0 Å². The van der Waals surface area contributed by atoms with Gasteiger partial charge in [-0.05, 0) is 42.0 Å². The van der Waals surface area contributed by atoms with E-state index in [0.29, 0.717) is 23.7 Å². The largest absolute Gasteiger partial charge is 0.497 e. The lowest BCUT2D eigenvalue weighted by Crippen LogP contribution is -2.23. The van der Waals surface area contributed by atoms with Gasteiger partial charge in [0.05, 0.1) is 33.2 Å². The Morgan fingerprint density at radius 2 is 1.72 bits per heavy atom. The van der Waals surface area contributed by atoms with Crippen LogP contribution in [-0.4, -0.2) is 32.2 Å². The Bertz CT molecular complexity index is 974. The number of rotatable bonds is 8. The van der Waals surface area contributed by atoms with E-state index in [1.54, 1.807) is 45.7 Å². The molecule has 0 radical (unpaired) electrons. The Balaban J connectivity index is 1.60. The lowest BCUT2D eigenvalue weighted by atomic mass is 10.2. The van der Waals surface area contributed by atoms with Gasteiger partial charge in [-0.1, -0.05) is 12.1 Å². The van der Waals surface area contributed by atoms with Crippen molar-refractivity contribution < 1.29 is 19.0 Å². The molecule has 0 aliphatic rings. The number of aromatic nitrogens is 1. The molecule has 0 fully saturated rings. The third-order valence-corrected chi connectivity index (χ3v) is 4.26. The Kier molecular flexibility index (Phi) is 6.52. The summed E-state index contributed by atoms with van der Waals surface area (Å²) >= 11 is 0. The fourth-order valence-corrected chi connectivity index (χ4v) is 2.73. The highest BCUT2D eigenvalue weighted by molar-refractivity contribution is 5.92. The molecule has 7 heteroatoms. The molecule has 0 saturated carbocycles. The molecular formula is C22H23N3O4. The highest BCUT2D eigenvalue weighted by atomic mass is 16.5. The SMILES string of the molecule is COc1cccc(Nc2ccc(C(=O)NCc3ccc(OC)c(OC)c3)nc2)c1. The van der Waals surface area contributed by atoms with Crippen LogP contribution in [-0.2, 0) is 6.54 Å². The van der Waals surface area contributed by atoms with Gasteiger partial charge in [-0.3, -0.25) is 4.79 Å². The molecule has 0 saturated heterocycles. The minimum atomic E-state index is -0.257. The fraction of sp³-hybridized carbons (Fsp3) is 0.182. The molecule has 0 spiro atoms. The van der Waals surface area contributed by atoms with Gasteiger partial charge >= 0.3 is 0 Å². The first-order chi connectivity index (χ1) is 14.1. The average molecular weight is 393 g/mol. The molecule has 0 aliphatic heterocycles.